The average Bonchev–Trinajstić information content (AvgIpc) is 2.48. The summed E-state index contributed by atoms with van der Waals surface area (Å²) >= 11 is 1.26. The lowest BCUT2D eigenvalue weighted by Crippen LogP contribution is -2.30. The van der Waals surface area contributed by atoms with E-state index in [9.17, 15) is 18.0 Å². The maximum Gasteiger partial charge on any atom is 0.416 e. The Morgan fingerprint density at radius 2 is 2.11 bits per heavy atom. The number of nitrogens with zero attached hydrogens (tertiary/aromatic N) is 1. The van der Waals surface area contributed by atoms with Crippen LogP contribution >= 0.6 is 11.8 Å². The molecular formula is C11H10F3NO2S. The van der Waals surface area contributed by atoms with Gasteiger partial charge in [-0.05, 0) is 30.4 Å². The van der Waals surface area contributed by atoms with Crippen molar-refractivity contribution in [3.63, 3.8) is 0 Å². The van der Waals surface area contributed by atoms with Gasteiger partial charge in [0.1, 0.15) is 0 Å². The second-order valence-electron chi connectivity index (χ2n) is 3.82. The van der Waals surface area contributed by atoms with Gasteiger partial charge in [-0.3, -0.25) is 4.90 Å². The van der Waals surface area contributed by atoms with Crippen molar-refractivity contribution >= 4 is 23.5 Å². The summed E-state index contributed by atoms with van der Waals surface area (Å²) in [5.41, 5.74) is -0.418. The minimum Gasteiger partial charge on any atom is -0.465 e. The highest BCUT2D eigenvalue weighted by Gasteiger charge is 2.32. The van der Waals surface area contributed by atoms with Gasteiger partial charge in [-0.15, -0.1) is 11.8 Å². The molecule has 1 aromatic carbocycles. The molecule has 1 aliphatic heterocycles. The van der Waals surface area contributed by atoms with Gasteiger partial charge in [0, 0.05) is 11.4 Å². The molecule has 0 saturated heterocycles. The molecule has 18 heavy (non-hydrogen) atoms. The van der Waals surface area contributed by atoms with Crippen molar-refractivity contribution in [2.75, 3.05) is 17.2 Å². The van der Waals surface area contributed by atoms with Crippen molar-refractivity contribution in [3.8, 4) is 0 Å². The lowest BCUT2D eigenvalue weighted by molar-refractivity contribution is -0.137. The lowest BCUT2D eigenvalue weighted by atomic mass is 10.2. The molecule has 0 aromatic heterocycles. The summed E-state index contributed by atoms with van der Waals surface area (Å²) in [5, 5.41) is 9.03. The zero-order valence-electron chi connectivity index (χ0n) is 9.20. The van der Waals surface area contributed by atoms with Gasteiger partial charge in [0.25, 0.3) is 0 Å². The Morgan fingerprint density at radius 1 is 1.39 bits per heavy atom. The smallest absolute Gasteiger partial charge is 0.416 e. The molecule has 98 valence electrons. The molecule has 3 nitrogen and oxygen atoms in total. The van der Waals surface area contributed by atoms with E-state index in [2.05, 4.69) is 0 Å². The van der Waals surface area contributed by atoms with Crippen molar-refractivity contribution in [2.45, 2.75) is 17.5 Å². The Kier molecular flexibility index (Phi) is 3.43. The van der Waals surface area contributed by atoms with E-state index in [0.717, 1.165) is 17.0 Å². The van der Waals surface area contributed by atoms with Gasteiger partial charge < -0.3 is 5.11 Å². The van der Waals surface area contributed by atoms with Crippen molar-refractivity contribution in [1.82, 2.24) is 0 Å². The summed E-state index contributed by atoms with van der Waals surface area (Å²) in [7, 11) is 0. The molecule has 1 aliphatic rings. The number of hydrogen-bond donors (Lipinski definition) is 1. The molecule has 0 saturated carbocycles. The van der Waals surface area contributed by atoms with Crippen LogP contribution < -0.4 is 4.90 Å². The van der Waals surface area contributed by atoms with Gasteiger partial charge in [0.2, 0.25) is 0 Å². The third-order valence-electron chi connectivity index (χ3n) is 2.59. The van der Waals surface area contributed by atoms with E-state index in [4.69, 9.17) is 5.11 Å². The Labute approximate surface area is 106 Å². The number of amides is 1. The zero-order chi connectivity index (χ0) is 13.3. The van der Waals surface area contributed by atoms with Crippen LogP contribution in [0.1, 0.15) is 12.0 Å². The normalized spacial score (nSPS) is 16.1. The number of alkyl halides is 3. The second kappa shape index (κ2) is 4.72. The second-order valence-corrected chi connectivity index (χ2v) is 4.95. The maximum absolute atomic E-state index is 12.6. The minimum absolute atomic E-state index is 0.306. The van der Waals surface area contributed by atoms with Crippen LogP contribution in [0.3, 0.4) is 0 Å². The van der Waals surface area contributed by atoms with Crippen LogP contribution in [0.15, 0.2) is 23.1 Å². The lowest BCUT2D eigenvalue weighted by Gasteiger charge is -2.19. The van der Waals surface area contributed by atoms with E-state index in [1.807, 2.05) is 0 Å². The molecule has 0 aliphatic carbocycles. The number of rotatable bonds is 0. The Morgan fingerprint density at radius 3 is 2.72 bits per heavy atom. The van der Waals surface area contributed by atoms with Gasteiger partial charge in [0.05, 0.1) is 11.3 Å². The molecule has 1 heterocycles. The third kappa shape index (κ3) is 2.55. The molecule has 0 fully saturated rings. The first-order valence-electron chi connectivity index (χ1n) is 5.24. The van der Waals surface area contributed by atoms with Crippen LogP contribution in [0.2, 0.25) is 0 Å². The first kappa shape index (κ1) is 13.1. The number of carboxylic acid groups (broad SMARTS) is 1. The number of anilines is 1. The highest BCUT2D eigenvalue weighted by atomic mass is 32.2. The standard InChI is InChI=1S/C11H10F3NO2S/c12-11(13,14)7-2-3-8-9(6-7)18-5-1-4-15(8)10(16)17/h2-3,6H,1,4-5H2,(H,16,17). The van der Waals surface area contributed by atoms with Crippen LogP contribution in [-0.2, 0) is 6.18 Å². The SMILES string of the molecule is O=C(O)N1CCCSc2cc(C(F)(F)F)ccc21. The zero-order valence-corrected chi connectivity index (χ0v) is 10.0. The van der Waals surface area contributed by atoms with Crippen molar-refractivity contribution in [3.05, 3.63) is 23.8 Å². The average molecular weight is 277 g/mol. The number of carbonyl (C=O) groups is 1. The van der Waals surface area contributed by atoms with Crippen molar-refractivity contribution in [2.24, 2.45) is 0 Å². The summed E-state index contributed by atoms with van der Waals surface area (Å²) in [6, 6.07) is 3.16. The van der Waals surface area contributed by atoms with Crippen molar-refractivity contribution < 1.29 is 23.1 Å². The monoisotopic (exact) mass is 277 g/mol. The topological polar surface area (TPSA) is 40.5 Å². The summed E-state index contributed by atoms with van der Waals surface area (Å²) < 4.78 is 37.7. The predicted octanol–water partition coefficient (Wildman–Crippen LogP) is 3.69. The van der Waals surface area contributed by atoms with E-state index in [1.54, 1.807) is 0 Å². The van der Waals surface area contributed by atoms with Crippen LogP contribution in [0.4, 0.5) is 23.7 Å². The third-order valence-corrected chi connectivity index (χ3v) is 3.72. The predicted molar refractivity (Wildman–Crippen MR) is 62.2 cm³/mol. The van der Waals surface area contributed by atoms with Gasteiger partial charge in [-0.25, -0.2) is 4.79 Å². The van der Waals surface area contributed by atoms with Gasteiger partial charge in [0.15, 0.2) is 0 Å². The first-order valence-corrected chi connectivity index (χ1v) is 6.22. The van der Waals surface area contributed by atoms with Crippen molar-refractivity contribution in [1.29, 1.82) is 0 Å². The molecule has 0 radical (unpaired) electrons. The number of fused-ring (bicyclic) bond motifs is 1. The molecule has 2 rings (SSSR count). The largest absolute Gasteiger partial charge is 0.465 e. The Bertz CT molecular complexity index is 476. The van der Waals surface area contributed by atoms with Crippen LogP contribution in [-0.4, -0.2) is 23.5 Å². The molecule has 1 N–H and O–H groups in total. The van der Waals surface area contributed by atoms with Crippen LogP contribution in [0.25, 0.3) is 0 Å². The Balaban J connectivity index is 2.46. The fraction of sp³-hybridized carbons (Fsp3) is 0.364. The highest BCUT2D eigenvalue weighted by molar-refractivity contribution is 7.99. The number of hydrogen-bond acceptors (Lipinski definition) is 2. The van der Waals surface area contributed by atoms with Gasteiger partial charge in [-0.1, -0.05) is 0 Å². The van der Waals surface area contributed by atoms with Gasteiger partial charge >= 0.3 is 12.3 Å². The number of thioether (sulfide) groups is 1. The highest BCUT2D eigenvalue weighted by Crippen LogP contribution is 2.38. The molecule has 0 spiro atoms. The summed E-state index contributed by atoms with van der Waals surface area (Å²) in [6.07, 6.45) is -4.93. The summed E-state index contributed by atoms with van der Waals surface area (Å²) in [4.78, 5) is 12.5. The quantitative estimate of drug-likeness (QED) is 0.786. The molecule has 0 unspecified atom stereocenters. The molecule has 1 aromatic rings. The first-order chi connectivity index (χ1) is 8.39. The Hall–Kier alpha value is -1.37. The maximum atomic E-state index is 12.6. The summed E-state index contributed by atoms with van der Waals surface area (Å²) in [6.45, 7) is 0.306. The van der Waals surface area contributed by atoms with Crippen LogP contribution in [0.5, 0.6) is 0 Å². The van der Waals surface area contributed by atoms with E-state index >= 15 is 0 Å². The fourth-order valence-electron chi connectivity index (χ4n) is 1.75. The molecule has 0 atom stereocenters. The van der Waals surface area contributed by atoms with E-state index < -0.39 is 17.8 Å². The molecule has 1 amide bonds. The molecule has 0 bridgehead atoms. The molecular weight excluding hydrogens is 267 g/mol. The van der Waals surface area contributed by atoms with E-state index in [0.29, 0.717) is 29.3 Å². The van der Waals surface area contributed by atoms with Crippen LogP contribution in [0, 0.1) is 0 Å². The van der Waals surface area contributed by atoms with E-state index in [-0.39, 0.29) is 0 Å². The van der Waals surface area contributed by atoms with E-state index in [1.165, 1.54) is 17.8 Å². The van der Waals surface area contributed by atoms with Gasteiger partial charge in [-0.2, -0.15) is 13.2 Å². The number of benzene rings is 1. The minimum atomic E-state index is -4.41. The molecule has 7 heteroatoms. The number of halogens is 3. The fourth-order valence-corrected chi connectivity index (χ4v) is 2.78. The summed E-state index contributed by atoms with van der Waals surface area (Å²) in [5.74, 6) is 0.609.